The molecule has 0 aromatic carbocycles. The molecule has 0 radical (unpaired) electrons. The first kappa shape index (κ1) is 18.3. The number of hydrogen-bond donors (Lipinski definition) is 2. The van der Waals surface area contributed by atoms with Crippen molar-refractivity contribution in [3.05, 3.63) is 0 Å². The molecule has 5 aliphatic rings. The molecule has 2 bridgehead atoms. The zero-order valence-corrected chi connectivity index (χ0v) is 16.0. The Hall–Kier alpha value is -1.12. The fourth-order valence-electron chi connectivity index (χ4n) is 5.79. The number of nitrogens with zero attached hydrogens (tertiary/aromatic N) is 1. The normalized spacial score (nSPS) is 40.2. The van der Waals surface area contributed by atoms with Gasteiger partial charge in [0.05, 0.1) is 24.7 Å². The Bertz CT molecular complexity index is 615. The zero-order valence-electron chi connectivity index (χ0n) is 16.0. The summed E-state index contributed by atoms with van der Waals surface area (Å²) in [5.41, 5.74) is 5.49. The van der Waals surface area contributed by atoms with Gasteiger partial charge in [0.15, 0.2) is 0 Å². The Balaban J connectivity index is 1.34. The van der Waals surface area contributed by atoms with E-state index in [1.54, 1.807) is 4.90 Å². The molecule has 2 aliphatic heterocycles. The number of carbonyl (C=O) groups excluding carboxylic acids is 2. The van der Waals surface area contributed by atoms with Gasteiger partial charge in [-0.05, 0) is 49.9 Å². The molecule has 5 atom stereocenters. The van der Waals surface area contributed by atoms with Crippen molar-refractivity contribution >= 4 is 18.9 Å². The molecule has 0 spiro atoms. The van der Waals surface area contributed by atoms with E-state index in [1.165, 1.54) is 6.42 Å². The first-order valence-corrected chi connectivity index (χ1v) is 9.88. The molecular weight excluding hydrogens is 333 g/mol. The Morgan fingerprint density at radius 3 is 2.77 bits per heavy atom. The molecule has 5 fully saturated rings. The standard InChI is InChI=1S/C18H30BN3O4/c1-17(2)11-7-13(17)18(3)14(8-11)25-19(26-18)10-21-16(24)12-5-4-6-22(12)15(23)9-20/h11-14H,4-10,20H2,1-3H3,(H,21,24). The minimum atomic E-state index is -0.419. The van der Waals surface area contributed by atoms with Crippen LogP contribution in [-0.4, -0.2) is 61.1 Å². The average molecular weight is 363 g/mol. The highest BCUT2D eigenvalue weighted by Crippen LogP contribution is 2.65. The summed E-state index contributed by atoms with van der Waals surface area (Å²) in [4.78, 5) is 26.0. The fourth-order valence-corrected chi connectivity index (χ4v) is 5.79. The lowest BCUT2D eigenvalue weighted by atomic mass is 9.43. The predicted molar refractivity (Wildman–Crippen MR) is 96.9 cm³/mol. The quantitative estimate of drug-likeness (QED) is 0.702. The van der Waals surface area contributed by atoms with E-state index in [1.807, 2.05) is 0 Å². The van der Waals surface area contributed by atoms with Gasteiger partial charge >= 0.3 is 7.12 Å². The molecule has 2 heterocycles. The van der Waals surface area contributed by atoms with Crippen LogP contribution in [0.3, 0.4) is 0 Å². The van der Waals surface area contributed by atoms with E-state index in [0.717, 1.165) is 12.8 Å². The van der Waals surface area contributed by atoms with Crippen LogP contribution >= 0.6 is 0 Å². The third-order valence-electron chi connectivity index (χ3n) is 7.50. The molecular formula is C18H30BN3O4. The van der Waals surface area contributed by atoms with Gasteiger partial charge in [0.2, 0.25) is 11.8 Å². The van der Waals surface area contributed by atoms with Crippen LogP contribution in [0, 0.1) is 17.3 Å². The van der Waals surface area contributed by atoms with Crippen molar-refractivity contribution in [2.75, 3.05) is 19.5 Å². The number of carbonyl (C=O) groups is 2. The van der Waals surface area contributed by atoms with Gasteiger partial charge < -0.3 is 25.3 Å². The van der Waals surface area contributed by atoms with Gasteiger partial charge in [0.1, 0.15) is 6.04 Å². The van der Waals surface area contributed by atoms with Gasteiger partial charge in [0, 0.05) is 6.54 Å². The minimum absolute atomic E-state index is 0.0585. The SMILES string of the molecule is CC1(C)C2CC3OB(CNC(=O)C4CCCN4C(=O)CN)OC3(C)C1C2. The van der Waals surface area contributed by atoms with Crippen LogP contribution in [0.4, 0.5) is 0 Å². The van der Waals surface area contributed by atoms with Crippen molar-refractivity contribution < 1.29 is 18.9 Å². The van der Waals surface area contributed by atoms with Crippen molar-refractivity contribution in [1.82, 2.24) is 10.2 Å². The maximum absolute atomic E-state index is 12.5. The van der Waals surface area contributed by atoms with Crippen LogP contribution < -0.4 is 11.1 Å². The van der Waals surface area contributed by atoms with E-state index in [9.17, 15) is 9.59 Å². The van der Waals surface area contributed by atoms with E-state index in [0.29, 0.717) is 36.7 Å². The van der Waals surface area contributed by atoms with Crippen LogP contribution in [0.2, 0.25) is 0 Å². The molecule has 5 unspecified atom stereocenters. The molecule has 3 N–H and O–H groups in total. The summed E-state index contributed by atoms with van der Waals surface area (Å²) in [6.45, 7) is 7.36. The highest BCUT2D eigenvalue weighted by atomic mass is 16.7. The van der Waals surface area contributed by atoms with Gasteiger partial charge in [-0.1, -0.05) is 13.8 Å². The summed E-state index contributed by atoms with van der Waals surface area (Å²) < 4.78 is 12.4. The number of nitrogens with two attached hydrogens (primary N) is 1. The highest BCUT2D eigenvalue weighted by Gasteiger charge is 2.67. The summed E-state index contributed by atoms with van der Waals surface area (Å²) in [6.07, 6.45) is 4.19. The Morgan fingerprint density at radius 1 is 1.31 bits per heavy atom. The van der Waals surface area contributed by atoms with Gasteiger partial charge in [-0.3, -0.25) is 9.59 Å². The largest absolute Gasteiger partial charge is 0.478 e. The van der Waals surface area contributed by atoms with Gasteiger partial charge in [-0.2, -0.15) is 0 Å². The first-order valence-electron chi connectivity index (χ1n) is 9.88. The fraction of sp³-hybridized carbons (Fsp3) is 0.889. The molecule has 0 aromatic rings. The Kier molecular flexibility index (Phi) is 4.36. The molecule has 2 saturated heterocycles. The molecule has 2 amide bonds. The molecule has 3 saturated carbocycles. The monoisotopic (exact) mass is 363 g/mol. The van der Waals surface area contributed by atoms with Gasteiger partial charge in [-0.15, -0.1) is 0 Å². The molecule has 0 aromatic heterocycles. The second-order valence-corrected chi connectivity index (χ2v) is 9.09. The number of nitrogens with one attached hydrogen (secondary N) is 1. The van der Waals surface area contributed by atoms with Crippen molar-refractivity contribution in [2.24, 2.45) is 23.0 Å². The summed E-state index contributed by atoms with van der Waals surface area (Å²) in [5.74, 6) is 0.904. The Labute approximate surface area is 155 Å². The van der Waals surface area contributed by atoms with Crippen molar-refractivity contribution in [3.8, 4) is 0 Å². The van der Waals surface area contributed by atoms with E-state index >= 15 is 0 Å². The summed E-state index contributed by atoms with van der Waals surface area (Å²) >= 11 is 0. The van der Waals surface area contributed by atoms with Crippen molar-refractivity contribution in [3.63, 3.8) is 0 Å². The van der Waals surface area contributed by atoms with Crippen LogP contribution in [0.5, 0.6) is 0 Å². The van der Waals surface area contributed by atoms with Crippen LogP contribution in [0.15, 0.2) is 0 Å². The molecule has 26 heavy (non-hydrogen) atoms. The highest BCUT2D eigenvalue weighted by molar-refractivity contribution is 6.46. The zero-order chi connectivity index (χ0) is 18.7. The Morgan fingerprint density at radius 2 is 2.08 bits per heavy atom. The first-order chi connectivity index (χ1) is 12.3. The lowest BCUT2D eigenvalue weighted by Crippen LogP contribution is -2.65. The lowest BCUT2D eigenvalue weighted by Gasteiger charge is -2.64. The van der Waals surface area contributed by atoms with Gasteiger partial charge in [-0.25, -0.2) is 0 Å². The van der Waals surface area contributed by atoms with Gasteiger partial charge in [0.25, 0.3) is 0 Å². The topological polar surface area (TPSA) is 93.9 Å². The maximum Gasteiger partial charge on any atom is 0.478 e. The van der Waals surface area contributed by atoms with Crippen LogP contribution in [0.1, 0.15) is 46.5 Å². The third kappa shape index (κ3) is 2.60. The van der Waals surface area contributed by atoms with E-state index in [2.05, 4.69) is 26.1 Å². The molecule has 8 heteroatoms. The summed E-state index contributed by atoms with van der Waals surface area (Å²) in [7, 11) is -0.413. The molecule has 5 rings (SSSR count). The smallest absolute Gasteiger partial charge is 0.404 e. The van der Waals surface area contributed by atoms with Crippen molar-refractivity contribution in [1.29, 1.82) is 0 Å². The second-order valence-electron chi connectivity index (χ2n) is 9.09. The number of rotatable bonds is 4. The summed E-state index contributed by atoms with van der Waals surface area (Å²) in [5, 5.41) is 2.93. The predicted octanol–water partition coefficient (Wildman–Crippen LogP) is 0.320. The van der Waals surface area contributed by atoms with E-state index < -0.39 is 13.2 Å². The number of likely N-dealkylation sites (tertiary alicyclic amines) is 1. The molecule has 3 aliphatic carbocycles. The molecule has 7 nitrogen and oxygen atoms in total. The molecule has 144 valence electrons. The maximum atomic E-state index is 12.5. The van der Waals surface area contributed by atoms with Crippen LogP contribution in [0.25, 0.3) is 0 Å². The number of amides is 2. The van der Waals surface area contributed by atoms with E-state index in [4.69, 9.17) is 15.0 Å². The van der Waals surface area contributed by atoms with Crippen LogP contribution in [-0.2, 0) is 18.9 Å². The third-order valence-corrected chi connectivity index (χ3v) is 7.50. The minimum Gasteiger partial charge on any atom is -0.404 e. The van der Waals surface area contributed by atoms with Crippen molar-refractivity contribution in [2.45, 2.75) is 64.2 Å². The lowest BCUT2D eigenvalue weighted by molar-refractivity contribution is -0.199. The second kappa shape index (κ2) is 6.21. The summed E-state index contributed by atoms with van der Waals surface area (Å²) in [6, 6.07) is -0.419. The van der Waals surface area contributed by atoms with E-state index in [-0.39, 0.29) is 30.1 Å². The number of hydrogen-bond acceptors (Lipinski definition) is 5. The average Bonchev–Trinajstić information content (AvgIpc) is 3.21.